The summed E-state index contributed by atoms with van der Waals surface area (Å²) in [6.45, 7) is 3.96. The summed E-state index contributed by atoms with van der Waals surface area (Å²) in [6, 6.07) is 13.7. The van der Waals surface area contributed by atoms with E-state index in [4.69, 9.17) is 0 Å². The minimum atomic E-state index is -3.34. The van der Waals surface area contributed by atoms with E-state index in [2.05, 4.69) is 15.0 Å². The fourth-order valence-corrected chi connectivity index (χ4v) is 3.14. The average molecular weight is 384 g/mol. The number of carbonyl (C=O) groups is 1. The van der Waals surface area contributed by atoms with Crippen molar-refractivity contribution in [2.75, 3.05) is 16.3 Å². The summed E-state index contributed by atoms with van der Waals surface area (Å²) in [6.07, 6.45) is 2.84. The maximum absolute atomic E-state index is 12.4. The lowest BCUT2D eigenvalue weighted by molar-refractivity contribution is 0.102. The number of hydrogen-bond donors (Lipinski definition) is 2. The van der Waals surface area contributed by atoms with Crippen molar-refractivity contribution in [2.24, 2.45) is 0 Å². The second-order valence-corrected chi connectivity index (χ2v) is 7.99. The summed E-state index contributed by atoms with van der Waals surface area (Å²) >= 11 is 0. The summed E-state index contributed by atoms with van der Waals surface area (Å²) < 4.78 is 26.8. The zero-order valence-corrected chi connectivity index (χ0v) is 16.0. The Hall–Kier alpha value is -3.13. The van der Waals surface area contributed by atoms with E-state index in [9.17, 15) is 13.2 Å². The first-order chi connectivity index (χ1) is 12.7. The minimum absolute atomic E-state index is 0.275. The van der Waals surface area contributed by atoms with E-state index in [0.29, 0.717) is 16.9 Å². The Labute approximate surface area is 158 Å². The SMILES string of the molecule is Cc1ncn(-c2ccc(NC(=O)c3ccc(NS(C)(=O)=O)cc3)cc2)c1C. The van der Waals surface area contributed by atoms with Crippen molar-refractivity contribution in [3.8, 4) is 5.69 Å². The lowest BCUT2D eigenvalue weighted by Gasteiger charge is -2.09. The molecule has 0 aliphatic carbocycles. The van der Waals surface area contributed by atoms with Crippen LogP contribution in [-0.2, 0) is 10.0 Å². The van der Waals surface area contributed by atoms with Gasteiger partial charge in [-0.3, -0.25) is 9.52 Å². The van der Waals surface area contributed by atoms with Crippen LogP contribution in [0.2, 0.25) is 0 Å². The molecule has 0 aliphatic heterocycles. The van der Waals surface area contributed by atoms with Gasteiger partial charge in [0.25, 0.3) is 5.91 Å². The summed E-state index contributed by atoms with van der Waals surface area (Å²) in [4.78, 5) is 16.6. The van der Waals surface area contributed by atoms with E-state index >= 15 is 0 Å². The first-order valence-corrected chi connectivity index (χ1v) is 10.1. The molecule has 0 saturated heterocycles. The Bertz CT molecular complexity index is 1070. The van der Waals surface area contributed by atoms with Crippen molar-refractivity contribution >= 4 is 27.3 Å². The van der Waals surface area contributed by atoms with Crippen LogP contribution < -0.4 is 10.0 Å². The maximum Gasteiger partial charge on any atom is 0.255 e. The Morgan fingerprint density at radius 1 is 0.963 bits per heavy atom. The van der Waals surface area contributed by atoms with Crippen LogP contribution in [0.3, 0.4) is 0 Å². The van der Waals surface area contributed by atoms with Gasteiger partial charge in [0, 0.05) is 28.3 Å². The second kappa shape index (κ2) is 7.24. The van der Waals surface area contributed by atoms with Crippen molar-refractivity contribution in [2.45, 2.75) is 13.8 Å². The maximum atomic E-state index is 12.4. The van der Waals surface area contributed by atoms with E-state index in [1.165, 1.54) is 0 Å². The molecule has 0 saturated carbocycles. The fourth-order valence-electron chi connectivity index (χ4n) is 2.57. The molecule has 0 radical (unpaired) electrons. The van der Waals surface area contributed by atoms with Gasteiger partial charge in [0.15, 0.2) is 0 Å². The Balaban J connectivity index is 1.70. The molecule has 2 N–H and O–H groups in total. The van der Waals surface area contributed by atoms with Gasteiger partial charge in [-0.1, -0.05) is 0 Å². The third-order valence-electron chi connectivity index (χ3n) is 4.11. The van der Waals surface area contributed by atoms with Gasteiger partial charge >= 0.3 is 0 Å². The summed E-state index contributed by atoms with van der Waals surface area (Å²) in [5.74, 6) is -0.275. The van der Waals surface area contributed by atoms with Crippen LogP contribution in [0.5, 0.6) is 0 Å². The molecule has 1 heterocycles. The number of sulfonamides is 1. The monoisotopic (exact) mass is 384 g/mol. The molecule has 0 fully saturated rings. The summed E-state index contributed by atoms with van der Waals surface area (Å²) in [5, 5.41) is 2.82. The highest BCUT2D eigenvalue weighted by Gasteiger charge is 2.09. The zero-order valence-electron chi connectivity index (χ0n) is 15.2. The number of amides is 1. The number of nitrogens with one attached hydrogen (secondary N) is 2. The van der Waals surface area contributed by atoms with Gasteiger partial charge in [-0.25, -0.2) is 13.4 Å². The molecule has 1 aromatic heterocycles. The number of nitrogens with zero attached hydrogens (tertiary/aromatic N) is 2. The van der Waals surface area contributed by atoms with Crippen LogP contribution in [0.4, 0.5) is 11.4 Å². The second-order valence-electron chi connectivity index (χ2n) is 6.24. The average Bonchev–Trinajstić information content (AvgIpc) is 2.94. The van der Waals surface area contributed by atoms with Gasteiger partial charge in [-0.05, 0) is 62.4 Å². The van der Waals surface area contributed by atoms with Crippen LogP contribution in [0, 0.1) is 13.8 Å². The van der Waals surface area contributed by atoms with Crippen LogP contribution in [-0.4, -0.2) is 30.1 Å². The number of rotatable bonds is 5. The Morgan fingerprint density at radius 2 is 1.56 bits per heavy atom. The molecule has 0 spiro atoms. The number of aromatic nitrogens is 2. The highest BCUT2D eigenvalue weighted by atomic mass is 32.2. The minimum Gasteiger partial charge on any atom is -0.322 e. The highest BCUT2D eigenvalue weighted by molar-refractivity contribution is 7.92. The van der Waals surface area contributed by atoms with Gasteiger partial charge < -0.3 is 9.88 Å². The number of carbonyl (C=O) groups excluding carboxylic acids is 1. The lowest BCUT2D eigenvalue weighted by Crippen LogP contribution is -2.13. The number of aryl methyl sites for hydroxylation is 1. The van der Waals surface area contributed by atoms with E-state index in [-0.39, 0.29) is 5.91 Å². The molecule has 0 unspecified atom stereocenters. The summed E-state index contributed by atoms with van der Waals surface area (Å²) in [5.41, 5.74) is 4.50. The Kier molecular flexibility index (Phi) is 5.00. The van der Waals surface area contributed by atoms with Crippen LogP contribution in [0.1, 0.15) is 21.7 Å². The predicted molar refractivity (Wildman–Crippen MR) is 106 cm³/mol. The molecule has 8 heteroatoms. The van der Waals surface area contributed by atoms with Crippen molar-refractivity contribution in [3.63, 3.8) is 0 Å². The highest BCUT2D eigenvalue weighted by Crippen LogP contribution is 2.18. The molecule has 2 aromatic carbocycles. The van der Waals surface area contributed by atoms with Gasteiger partial charge in [0.1, 0.15) is 0 Å². The predicted octanol–water partition coefficient (Wildman–Crippen LogP) is 3.11. The lowest BCUT2D eigenvalue weighted by atomic mass is 10.2. The molecule has 140 valence electrons. The molecule has 0 aliphatic rings. The molecule has 27 heavy (non-hydrogen) atoms. The number of hydrogen-bond acceptors (Lipinski definition) is 4. The zero-order chi connectivity index (χ0) is 19.6. The first kappa shape index (κ1) is 18.7. The van der Waals surface area contributed by atoms with Crippen molar-refractivity contribution in [1.29, 1.82) is 0 Å². The topological polar surface area (TPSA) is 93.1 Å². The van der Waals surface area contributed by atoms with Gasteiger partial charge in [-0.15, -0.1) is 0 Å². The molecule has 0 bridgehead atoms. The Morgan fingerprint density at radius 3 is 2.07 bits per heavy atom. The van der Waals surface area contributed by atoms with Crippen molar-refractivity contribution < 1.29 is 13.2 Å². The van der Waals surface area contributed by atoms with Gasteiger partial charge in [-0.2, -0.15) is 0 Å². The molecular formula is C19H20N4O3S. The number of benzene rings is 2. The third-order valence-corrected chi connectivity index (χ3v) is 4.71. The number of imidazole rings is 1. The molecule has 3 rings (SSSR count). The van der Waals surface area contributed by atoms with E-state index < -0.39 is 10.0 Å². The van der Waals surface area contributed by atoms with Crippen molar-refractivity contribution in [1.82, 2.24) is 9.55 Å². The quantitative estimate of drug-likeness (QED) is 0.707. The van der Waals surface area contributed by atoms with Crippen molar-refractivity contribution in [3.05, 3.63) is 71.8 Å². The van der Waals surface area contributed by atoms with E-state index in [1.807, 2.05) is 42.7 Å². The van der Waals surface area contributed by atoms with E-state index in [1.54, 1.807) is 30.6 Å². The molecule has 1 amide bonds. The molecule has 7 nitrogen and oxygen atoms in total. The number of anilines is 2. The normalized spacial score (nSPS) is 11.2. The third kappa shape index (κ3) is 4.53. The fraction of sp³-hybridized carbons (Fsp3) is 0.158. The standard InChI is InChI=1S/C19H20N4O3S/c1-13-14(2)23(12-20-13)18-10-8-16(9-11-18)21-19(24)15-4-6-17(7-5-15)22-27(3,25)26/h4-12,22H,1-3H3,(H,21,24). The van der Waals surface area contributed by atoms with Crippen LogP contribution in [0.15, 0.2) is 54.9 Å². The van der Waals surface area contributed by atoms with Crippen LogP contribution >= 0.6 is 0 Å². The molecular weight excluding hydrogens is 364 g/mol. The van der Waals surface area contributed by atoms with Crippen LogP contribution in [0.25, 0.3) is 5.69 Å². The van der Waals surface area contributed by atoms with Gasteiger partial charge in [0.2, 0.25) is 10.0 Å². The van der Waals surface area contributed by atoms with E-state index in [0.717, 1.165) is 23.3 Å². The smallest absolute Gasteiger partial charge is 0.255 e. The molecule has 3 aromatic rings. The summed E-state index contributed by atoms with van der Waals surface area (Å²) in [7, 11) is -3.34. The molecule has 0 atom stereocenters. The van der Waals surface area contributed by atoms with Gasteiger partial charge in [0.05, 0.1) is 18.3 Å². The largest absolute Gasteiger partial charge is 0.322 e. The first-order valence-electron chi connectivity index (χ1n) is 8.23.